The molecular formula is C16H32N2O2. The molecule has 4 nitrogen and oxygen atoms in total. The predicted molar refractivity (Wildman–Crippen MR) is 82.5 cm³/mol. The normalized spacial score (nSPS) is 20.2. The van der Waals surface area contributed by atoms with Crippen LogP contribution in [-0.4, -0.2) is 47.7 Å². The summed E-state index contributed by atoms with van der Waals surface area (Å²) < 4.78 is 0. The summed E-state index contributed by atoms with van der Waals surface area (Å²) in [5.41, 5.74) is 0. The van der Waals surface area contributed by atoms with Crippen molar-refractivity contribution in [2.24, 2.45) is 11.8 Å². The van der Waals surface area contributed by atoms with Crippen molar-refractivity contribution in [3.05, 3.63) is 0 Å². The molecule has 0 aliphatic carbocycles. The summed E-state index contributed by atoms with van der Waals surface area (Å²) in [4.78, 5) is 14.7. The van der Waals surface area contributed by atoms with E-state index in [4.69, 9.17) is 0 Å². The van der Waals surface area contributed by atoms with E-state index in [0.717, 1.165) is 38.8 Å². The molecule has 0 saturated carbocycles. The second-order valence-corrected chi connectivity index (χ2v) is 6.61. The molecule has 1 aliphatic rings. The molecule has 1 aliphatic heterocycles. The minimum atomic E-state index is -0.0596. The van der Waals surface area contributed by atoms with Crippen molar-refractivity contribution in [1.82, 2.24) is 10.2 Å². The molecule has 0 aromatic rings. The van der Waals surface area contributed by atoms with Crippen molar-refractivity contribution < 1.29 is 9.90 Å². The van der Waals surface area contributed by atoms with E-state index >= 15 is 0 Å². The Labute approximate surface area is 123 Å². The van der Waals surface area contributed by atoms with E-state index in [1.807, 2.05) is 4.90 Å². The molecule has 1 amide bonds. The summed E-state index contributed by atoms with van der Waals surface area (Å²) in [5.74, 6) is 1.14. The monoisotopic (exact) mass is 284 g/mol. The van der Waals surface area contributed by atoms with Gasteiger partial charge in [-0.3, -0.25) is 4.79 Å². The standard InChI is InChI=1S/C16H32N2O2/c1-5-13(4)17-15(10-12(2)3)16(20)18-8-6-14(11-19)7-9-18/h12-15,17,19H,5-11H2,1-4H3. The number of rotatable bonds is 7. The molecule has 4 heteroatoms. The molecule has 0 bridgehead atoms. The van der Waals surface area contributed by atoms with Crippen LogP contribution in [0.4, 0.5) is 0 Å². The van der Waals surface area contributed by atoms with Gasteiger partial charge in [0.15, 0.2) is 0 Å². The number of aliphatic hydroxyl groups is 1. The van der Waals surface area contributed by atoms with Crippen LogP contribution in [0.2, 0.25) is 0 Å². The first-order valence-corrected chi connectivity index (χ1v) is 8.13. The van der Waals surface area contributed by atoms with Crippen molar-refractivity contribution in [2.45, 2.75) is 65.5 Å². The highest BCUT2D eigenvalue weighted by Gasteiger charge is 2.28. The molecule has 1 saturated heterocycles. The zero-order valence-corrected chi connectivity index (χ0v) is 13.6. The van der Waals surface area contributed by atoms with Crippen LogP contribution in [0.25, 0.3) is 0 Å². The second-order valence-electron chi connectivity index (χ2n) is 6.61. The summed E-state index contributed by atoms with van der Waals surface area (Å²) >= 11 is 0. The highest BCUT2D eigenvalue weighted by atomic mass is 16.3. The number of carbonyl (C=O) groups excluding carboxylic acids is 1. The van der Waals surface area contributed by atoms with E-state index in [0.29, 0.717) is 17.9 Å². The van der Waals surface area contributed by atoms with Gasteiger partial charge in [-0.1, -0.05) is 20.8 Å². The van der Waals surface area contributed by atoms with Crippen LogP contribution < -0.4 is 5.32 Å². The average Bonchev–Trinajstić information content (AvgIpc) is 2.45. The Kier molecular flexibility index (Phi) is 7.52. The lowest BCUT2D eigenvalue weighted by atomic mass is 9.96. The number of aliphatic hydroxyl groups excluding tert-OH is 1. The van der Waals surface area contributed by atoms with Crippen LogP contribution in [0, 0.1) is 11.8 Å². The van der Waals surface area contributed by atoms with Crippen molar-refractivity contribution in [3.63, 3.8) is 0 Å². The van der Waals surface area contributed by atoms with E-state index in [1.54, 1.807) is 0 Å². The van der Waals surface area contributed by atoms with E-state index in [9.17, 15) is 9.90 Å². The number of hydrogen-bond acceptors (Lipinski definition) is 3. The third-order valence-corrected chi connectivity index (χ3v) is 4.29. The molecule has 2 N–H and O–H groups in total. The van der Waals surface area contributed by atoms with Gasteiger partial charge in [0, 0.05) is 25.7 Å². The van der Waals surface area contributed by atoms with Gasteiger partial charge in [0.1, 0.15) is 0 Å². The Morgan fingerprint density at radius 2 is 1.90 bits per heavy atom. The largest absolute Gasteiger partial charge is 0.396 e. The summed E-state index contributed by atoms with van der Waals surface area (Å²) in [6.07, 6.45) is 3.79. The van der Waals surface area contributed by atoms with Gasteiger partial charge in [-0.15, -0.1) is 0 Å². The highest BCUT2D eigenvalue weighted by Crippen LogP contribution is 2.18. The smallest absolute Gasteiger partial charge is 0.239 e. The average molecular weight is 284 g/mol. The summed E-state index contributed by atoms with van der Waals surface area (Å²) in [6.45, 7) is 10.4. The SMILES string of the molecule is CCC(C)NC(CC(C)C)C(=O)N1CCC(CO)CC1. The minimum absolute atomic E-state index is 0.0596. The number of nitrogens with zero attached hydrogens (tertiary/aromatic N) is 1. The molecule has 118 valence electrons. The molecular weight excluding hydrogens is 252 g/mol. The number of hydrogen-bond donors (Lipinski definition) is 2. The number of likely N-dealkylation sites (tertiary alicyclic amines) is 1. The first-order chi connectivity index (χ1) is 9.47. The molecule has 0 aromatic carbocycles. The molecule has 20 heavy (non-hydrogen) atoms. The molecule has 0 aromatic heterocycles. The molecule has 1 rings (SSSR count). The lowest BCUT2D eigenvalue weighted by Gasteiger charge is -2.35. The van der Waals surface area contributed by atoms with Crippen LogP contribution in [0.15, 0.2) is 0 Å². The van der Waals surface area contributed by atoms with Gasteiger partial charge in [-0.2, -0.15) is 0 Å². The summed E-state index contributed by atoms with van der Waals surface area (Å²) in [6, 6.07) is 0.313. The lowest BCUT2D eigenvalue weighted by molar-refractivity contribution is -0.135. The van der Waals surface area contributed by atoms with Crippen LogP contribution in [-0.2, 0) is 4.79 Å². The van der Waals surface area contributed by atoms with Crippen molar-refractivity contribution in [2.75, 3.05) is 19.7 Å². The Hall–Kier alpha value is -0.610. The first kappa shape index (κ1) is 17.4. The Morgan fingerprint density at radius 3 is 2.35 bits per heavy atom. The molecule has 2 atom stereocenters. The van der Waals surface area contributed by atoms with E-state index < -0.39 is 0 Å². The topological polar surface area (TPSA) is 52.6 Å². The molecule has 0 radical (unpaired) electrons. The lowest BCUT2D eigenvalue weighted by Crippen LogP contribution is -2.51. The summed E-state index contributed by atoms with van der Waals surface area (Å²) in [7, 11) is 0. The molecule has 1 heterocycles. The van der Waals surface area contributed by atoms with Gasteiger partial charge in [0.05, 0.1) is 6.04 Å². The fraction of sp³-hybridized carbons (Fsp3) is 0.938. The van der Waals surface area contributed by atoms with Gasteiger partial charge < -0.3 is 15.3 Å². The van der Waals surface area contributed by atoms with Crippen LogP contribution in [0.3, 0.4) is 0 Å². The van der Waals surface area contributed by atoms with Crippen molar-refractivity contribution >= 4 is 5.91 Å². The molecule has 2 unspecified atom stereocenters. The maximum Gasteiger partial charge on any atom is 0.239 e. The number of nitrogens with one attached hydrogen (secondary N) is 1. The maximum atomic E-state index is 12.7. The van der Waals surface area contributed by atoms with Crippen LogP contribution in [0.5, 0.6) is 0 Å². The van der Waals surface area contributed by atoms with Crippen LogP contribution >= 0.6 is 0 Å². The molecule has 1 fully saturated rings. The molecule has 0 spiro atoms. The third kappa shape index (κ3) is 5.41. The fourth-order valence-corrected chi connectivity index (χ4v) is 2.73. The predicted octanol–water partition coefficient (Wildman–Crippen LogP) is 2.02. The number of piperidine rings is 1. The van der Waals surface area contributed by atoms with Crippen molar-refractivity contribution in [3.8, 4) is 0 Å². The first-order valence-electron chi connectivity index (χ1n) is 8.13. The van der Waals surface area contributed by atoms with Gasteiger partial charge >= 0.3 is 0 Å². The maximum absolute atomic E-state index is 12.7. The van der Waals surface area contributed by atoms with E-state index in [1.165, 1.54) is 0 Å². The zero-order chi connectivity index (χ0) is 15.1. The van der Waals surface area contributed by atoms with Crippen LogP contribution in [0.1, 0.15) is 53.4 Å². The third-order valence-electron chi connectivity index (χ3n) is 4.29. The van der Waals surface area contributed by atoms with Gasteiger partial charge in [0.25, 0.3) is 0 Å². The fourth-order valence-electron chi connectivity index (χ4n) is 2.73. The number of carbonyl (C=O) groups is 1. The van der Waals surface area contributed by atoms with E-state index in [2.05, 4.69) is 33.0 Å². The Bertz CT molecular complexity index is 286. The zero-order valence-electron chi connectivity index (χ0n) is 13.6. The summed E-state index contributed by atoms with van der Waals surface area (Å²) in [5, 5.41) is 12.7. The van der Waals surface area contributed by atoms with Gasteiger partial charge in [-0.05, 0) is 44.4 Å². The number of amides is 1. The highest BCUT2D eigenvalue weighted by molar-refractivity contribution is 5.82. The minimum Gasteiger partial charge on any atom is -0.396 e. The van der Waals surface area contributed by atoms with E-state index in [-0.39, 0.29) is 18.6 Å². The van der Waals surface area contributed by atoms with Gasteiger partial charge in [0.2, 0.25) is 5.91 Å². The second kappa shape index (κ2) is 8.63. The Morgan fingerprint density at radius 1 is 1.30 bits per heavy atom. The van der Waals surface area contributed by atoms with Gasteiger partial charge in [-0.25, -0.2) is 0 Å². The Balaban J connectivity index is 2.58. The quantitative estimate of drug-likeness (QED) is 0.752. The van der Waals surface area contributed by atoms with Crippen molar-refractivity contribution in [1.29, 1.82) is 0 Å².